The Labute approximate surface area is 112 Å². The molecule has 0 unspecified atom stereocenters. The number of aromatic nitrogens is 2. The zero-order chi connectivity index (χ0) is 13.2. The van der Waals surface area contributed by atoms with E-state index in [1.807, 2.05) is 24.3 Å². The van der Waals surface area contributed by atoms with E-state index in [0.29, 0.717) is 11.9 Å². The van der Waals surface area contributed by atoms with E-state index in [0.717, 1.165) is 36.5 Å². The number of fused-ring (bicyclic) bond motifs is 1. The minimum atomic E-state index is 0.451. The average Bonchev–Trinajstić information content (AvgIpc) is 2.46. The van der Waals surface area contributed by atoms with Gasteiger partial charge in [-0.1, -0.05) is 12.1 Å². The molecule has 0 bridgehead atoms. The highest BCUT2D eigenvalue weighted by Crippen LogP contribution is 2.27. The SMILES string of the molecule is COc1nc2ccccc2nc1N1CCN[C@H](C)C1. The second-order valence-corrected chi connectivity index (χ2v) is 4.85. The largest absolute Gasteiger partial charge is 0.478 e. The molecule has 1 aliphatic rings. The van der Waals surface area contributed by atoms with Crippen molar-refractivity contribution in [3.63, 3.8) is 0 Å². The third-order valence-electron chi connectivity index (χ3n) is 3.38. The third-order valence-corrected chi connectivity index (χ3v) is 3.38. The van der Waals surface area contributed by atoms with E-state index < -0.39 is 0 Å². The van der Waals surface area contributed by atoms with Crippen molar-refractivity contribution in [3.8, 4) is 5.88 Å². The number of hydrogen-bond acceptors (Lipinski definition) is 5. The smallest absolute Gasteiger partial charge is 0.257 e. The van der Waals surface area contributed by atoms with E-state index in [2.05, 4.69) is 22.1 Å². The molecular weight excluding hydrogens is 240 g/mol. The van der Waals surface area contributed by atoms with Gasteiger partial charge in [0.25, 0.3) is 5.88 Å². The number of rotatable bonds is 2. The molecule has 1 saturated heterocycles. The van der Waals surface area contributed by atoms with Crippen LogP contribution in [0.1, 0.15) is 6.92 Å². The summed E-state index contributed by atoms with van der Waals surface area (Å²) in [5.74, 6) is 1.45. The van der Waals surface area contributed by atoms with Crippen LogP contribution in [0.5, 0.6) is 5.88 Å². The van der Waals surface area contributed by atoms with Gasteiger partial charge in [0, 0.05) is 25.7 Å². The van der Waals surface area contributed by atoms with Gasteiger partial charge in [-0.3, -0.25) is 0 Å². The van der Waals surface area contributed by atoms with Gasteiger partial charge in [0.15, 0.2) is 5.82 Å². The predicted octanol–water partition coefficient (Wildman–Crippen LogP) is 1.44. The number of para-hydroxylation sites is 2. The second kappa shape index (κ2) is 5.01. The lowest BCUT2D eigenvalue weighted by atomic mass is 10.2. The first-order valence-electron chi connectivity index (χ1n) is 6.57. The monoisotopic (exact) mass is 258 g/mol. The fraction of sp³-hybridized carbons (Fsp3) is 0.429. The van der Waals surface area contributed by atoms with Gasteiger partial charge < -0.3 is 15.0 Å². The van der Waals surface area contributed by atoms with Gasteiger partial charge in [0.1, 0.15) is 0 Å². The van der Waals surface area contributed by atoms with Crippen LogP contribution in [0.4, 0.5) is 5.82 Å². The Morgan fingerprint density at radius 3 is 2.68 bits per heavy atom. The first kappa shape index (κ1) is 12.2. The number of methoxy groups -OCH3 is 1. The van der Waals surface area contributed by atoms with Crippen LogP contribution < -0.4 is 15.0 Å². The predicted molar refractivity (Wildman–Crippen MR) is 75.8 cm³/mol. The topological polar surface area (TPSA) is 50.3 Å². The molecule has 0 aliphatic carbocycles. The molecule has 2 heterocycles. The van der Waals surface area contributed by atoms with E-state index >= 15 is 0 Å². The van der Waals surface area contributed by atoms with Crippen LogP contribution in [-0.4, -0.2) is 42.8 Å². The van der Waals surface area contributed by atoms with Crippen LogP contribution in [-0.2, 0) is 0 Å². The lowest BCUT2D eigenvalue weighted by Crippen LogP contribution is -2.49. The second-order valence-electron chi connectivity index (χ2n) is 4.85. The minimum Gasteiger partial charge on any atom is -0.478 e. The Morgan fingerprint density at radius 1 is 1.26 bits per heavy atom. The number of ether oxygens (including phenoxy) is 1. The first-order valence-corrected chi connectivity index (χ1v) is 6.57. The van der Waals surface area contributed by atoms with E-state index in [9.17, 15) is 0 Å². The zero-order valence-electron chi connectivity index (χ0n) is 11.3. The van der Waals surface area contributed by atoms with Crippen molar-refractivity contribution in [3.05, 3.63) is 24.3 Å². The number of piperazine rings is 1. The highest BCUT2D eigenvalue weighted by molar-refractivity contribution is 5.77. The van der Waals surface area contributed by atoms with E-state index in [1.165, 1.54) is 0 Å². The maximum absolute atomic E-state index is 5.41. The van der Waals surface area contributed by atoms with Crippen molar-refractivity contribution in [2.75, 3.05) is 31.6 Å². The summed E-state index contributed by atoms with van der Waals surface area (Å²) in [6, 6.07) is 8.33. The fourth-order valence-electron chi connectivity index (χ4n) is 2.44. The van der Waals surface area contributed by atoms with Crippen molar-refractivity contribution in [1.82, 2.24) is 15.3 Å². The number of anilines is 1. The normalized spacial score (nSPS) is 19.7. The molecule has 1 aromatic heterocycles. The number of nitrogens with one attached hydrogen (secondary N) is 1. The maximum Gasteiger partial charge on any atom is 0.257 e. The van der Waals surface area contributed by atoms with Crippen molar-refractivity contribution in [2.45, 2.75) is 13.0 Å². The van der Waals surface area contributed by atoms with Crippen LogP contribution in [0.25, 0.3) is 11.0 Å². The molecule has 0 saturated carbocycles. The fourth-order valence-corrected chi connectivity index (χ4v) is 2.44. The van der Waals surface area contributed by atoms with Gasteiger partial charge in [-0.15, -0.1) is 0 Å². The molecule has 3 rings (SSSR count). The summed E-state index contributed by atoms with van der Waals surface area (Å²) < 4.78 is 5.41. The summed E-state index contributed by atoms with van der Waals surface area (Å²) in [6.45, 7) is 4.98. The quantitative estimate of drug-likeness (QED) is 0.883. The van der Waals surface area contributed by atoms with Crippen LogP contribution in [0, 0.1) is 0 Å². The minimum absolute atomic E-state index is 0.451. The molecule has 2 aromatic rings. The van der Waals surface area contributed by atoms with Gasteiger partial charge in [-0.25, -0.2) is 9.97 Å². The first-order chi connectivity index (χ1) is 9.28. The van der Waals surface area contributed by atoms with Gasteiger partial charge in [-0.2, -0.15) is 0 Å². The van der Waals surface area contributed by atoms with Crippen molar-refractivity contribution >= 4 is 16.9 Å². The Morgan fingerprint density at radius 2 is 2.00 bits per heavy atom. The summed E-state index contributed by atoms with van der Waals surface area (Å²) in [7, 11) is 1.65. The average molecular weight is 258 g/mol. The standard InChI is InChI=1S/C14H18N4O/c1-10-9-18(8-7-15-10)13-14(19-2)17-12-6-4-3-5-11(12)16-13/h3-6,10,15H,7-9H2,1-2H3/t10-/m1/s1. The molecule has 0 radical (unpaired) electrons. The lowest BCUT2D eigenvalue weighted by molar-refractivity contribution is 0.393. The molecule has 5 heteroatoms. The van der Waals surface area contributed by atoms with Crippen LogP contribution in [0.3, 0.4) is 0 Å². The van der Waals surface area contributed by atoms with Gasteiger partial charge >= 0.3 is 0 Å². The molecule has 5 nitrogen and oxygen atoms in total. The highest BCUT2D eigenvalue weighted by atomic mass is 16.5. The number of hydrogen-bond donors (Lipinski definition) is 1. The maximum atomic E-state index is 5.41. The summed E-state index contributed by atoms with van der Waals surface area (Å²) >= 11 is 0. The molecular formula is C14H18N4O. The summed E-state index contributed by atoms with van der Waals surface area (Å²) in [6.07, 6.45) is 0. The highest BCUT2D eigenvalue weighted by Gasteiger charge is 2.21. The molecule has 1 aliphatic heterocycles. The van der Waals surface area contributed by atoms with E-state index in [1.54, 1.807) is 7.11 Å². The van der Waals surface area contributed by atoms with E-state index in [-0.39, 0.29) is 0 Å². The Balaban J connectivity index is 2.05. The Bertz CT molecular complexity index is 587. The zero-order valence-corrected chi connectivity index (χ0v) is 11.3. The van der Waals surface area contributed by atoms with Crippen molar-refractivity contribution in [1.29, 1.82) is 0 Å². The van der Waals surface area contributed by atoms with Gasteiger partial charge in [0.2, 0.25) is 0 Å². The van der Waals surface area contributed by atoms with E-state index in [4.69, 9.17) is 9.72 Å². The number of nitrogens with zero attached hydrogens (tertiary/aromatic N) is 3. The summed E-state index contributed by atoms with van der Waals surface area (Å²) in [4.78, 5) is 11.5. The van der Waals surface area contributed by atoms with Crippen molar-refractivity contribution < 1.29 is 4.74 Å². The number of benzene rings is 1. The van der Waals surface area contributed by atoms with Crippen LogP contribution in [0.15, 0.2) is 24.3 Å². The van der Waals surface area contributed by atoms with Crippen molar-refractivity contribution in [2.24, 2.45) is 0 Å². The molecule has 1 atom stereocenters. The molecule has 19 heavy (non-hydrogen) atoms. The van der Waals surface area contributed by atoms with Gasteiger partial charge in [-0.05, 0) is 19.1 Å². The third kappa shape index (κ3) is 2.33. The molecule has 0 amide bonds. The summed E-state index contributed by atoms with van der Waals surface area (Å²) in [5, 5.41) is 3.43. The Hall–Kier alpha value is -1.88. The molecule has 100 valence electrons. The molecule has 0 spiro atoms. The molecule has 1 fully saturated rings. The molecule has 1 N–H and O–H groups in total. The Kier molecular flexibility index (Phi) is 3.21. The summed E-state index contributed by atoms with van der Waals surface area (Å²) in [5.41, 5.74) is 1.77. The van der Waals surface area contributed by atoms with Crippen LogP contribution in [0.2, 0.25) is 0 Å². The molecule has 1 aromatic carbocycles. The van der Waals surface area contributed by atoms with Crippen LogP contribution >= 0.6 is 0 Å². The lowest BCUT2D eigenvalue weighted by Gasteiger charge is -2.33. The van der Waals surface area contributed by atoms with Gasteiger partial charge in [0.05, 0.1) is 18.1 Å².